The maximum Gasteiger partial charge on any atom is 0.259 e. The maximum absolute atomic E-state index is 13.7. The number of carbonyl (C=O) groups excluding carboxylic acids is 5. The Labute approximate surface area is 287 Å². The normalized spacial score (nSPS) is 20.0. The van der Waals surface area contributed by atoms with Crippen LogP contribution in [0.5, 0.6) is 5.88 Å². The van der Waals surface area contributed by atoms with Crippen LogP contribution in [0, 0.1) is 5.92 Å². The molecule has 2 bridgehead atoms. The number of hydrogen-bond donors (Lipinski definition) is 4. The van der Waals surface area contributed by atoms with Gasteiger partial charge in [-0.2, -0.15) is 0 Å². The van der Waals surface area contributed by atoms with E-state index in [4.69, 9.17) is 4.74 Å². The summed E-state index contributed by atoms with van der Waals surface area (Å²) in [4.78, 5) is 73.1. The van der Waals surface area contributed by atoms with Gasteiger partial charge in [0.15, 0.2) is 0 Å². The van der Waals surface area contributed by atoms with Gasteiger partial charge < -0.3 is 30.9 Å². The first-order valence-electron chi connectivity index (χ1n) is 16.7. The maximum atomic E-state index is 13.7. The van der Waals surface area contributed by atoms with Crippen molar-refractivity contribution in [3.63, 3.8) is 0 Å². The zero-order chi connectivity index (χ0) is 35.3. The van der Waals surface area contributed by atoms with Gasteiger partial charge in [0.05, 0.1) is 7.11 Å². The summed E-state index contributed by atoms with van der Waals surface area (Å²) in [6.45, 7) is 6.43. The summed E-state index contributed by atoms with van der Waals surface area (Å²) in [6.07, 6.45) is 3.24. The van der Waals surface area contributed by atoms with E-state index in [0.29, 0.717) is 43.5 Å². The molecule has 5 amide bonds. The lowest BCUT2D eigenvalue weighted by atomic mass is 10.0. The molecular weight excluding hydrogens is 624 g/mol. The highest BCUT2D eigenvalue weighted by Gasteiger charge is 2.30. The number of aromatic nitrogens is 1. The third kappa shape index (κ3) is 10.6. The third-order valence-electron chi connectivity index (χ3n) is 8.22. The summed E-state index contributed by atoms with van der Waals surface area (Å²) in [5.74, 6) is -1.83. The minimum atomic E-state index is -0.991. The van der Waals surface area contributed by atoms with Crippen LogP contribution in [0.1, 0.15) is 71.9 Å². The van der Waals surface area contributed by atoms with Crippen molar-refractivity contribution in [3.05, 3.63) is 95.2 Å². The van der Waals surface area contributed by atoms with Crippen molar-refractivity contribution < 1.29 is 28.7 Å². The van der Waals surface area contributed by atoms with Crippen molar-refractivity contribution in [1.82, 2.24) is 31.2 Å². The topological polar surface area (TPSA) is 159 Å². The van der Waals surface area contributed by atoms with Gasteiger partial charge in [-0.05, 0) is 67.5 Å². The van der Waals surface area contributed by atoms with E-state index < -0.39 is 35.8 Å². The highest BCUT2D eigenvalue weighted by Crippen LogP contribution is 2.19. The second-order valence-electron chi connectivity index (χ2n) is 12.6. The minimum absolute atomic E-state index is 0.0565. The van der Waals surface area contributed by atoms with Crippen molar-refractivity contribution in [2.75, 3.05) is 20.2 Å². The molecule has 0 spiro atoms. The molecule has 2 aliphatic heterocycles. The first kappa shape index (κ1) is 36.6. The van der Waals surface area contributed by atoms with E-state index in [0.717, 1.165) is 11.1 Å². The molecule has 0 radical (unpaired) electrons. The van der Waals surface area contributed by atoms with Gasteiger partial charge in [-0.15, -0.1) is 0 Å². The molecule has 4 N–H and O–H groups in total. The molecule has 5 rings (SSSR count). The molecule has 0 saturated carbocycles. The second-order valence-corrected chi connectivity index (χ2v) is 12.6. The Bertz CT molecular complexity index is 1600. The Morgan fingerprint density at radius 1 is 0.878 bits per heavy atom. The number of nitrogens with zero attached hydrogens (tertiary/aromatic N) is 2. The molecule has 2 aliphatic rings. The molecule has 260 valence electrons. The Kier molecular flexibility index (Phi) is 13.3. The average Bonchev–Trinajstić information content (AvgIpc) is 3.10. The molecule has 3 atom stereocenters. The van der Waals surface area contributed by atoms with Crippen LogP contribution >= 0.6 is 0 Å². The zero-order valence-corrected chi connectivity index (χ0v) is 28.5. The lowest BCUT2D eigenvalue weighted by molar-refractivity contribution is -0.132. The standard InChI is InChI=1S/C37H46N6O6/c1-24(2)21-30-34(46)40-25(3)32(44)38-18-8-9-20-43(37(48)29-13-10-19-39-36(29)49-4)23-27-14-16-28(17-15-27)33(45)41-31(35(47)42-30)22-26-11-6-5-7-12-26/h5-7,10-17,19,24-25,30-31H,8-9,18,20-23H2,1-4H3,(H,38,44)(H,40,46)(H,41,45)(H,42,47)/t25-,30+,31-/m1/s1. The Morgan fingerprint density at radius 2 is 1.59 bits per heavy atom. The molecule has 2 aromatic carbocycles. The molecule has 3 heterocycles. The molecule has 0 aliphatic carbocycles. The zero-order valence-electron chi connectivity index (χ0n) is 28.5. The molecule has 0 fully saturated rings. The van der Waals surface area contributed by atoms with Gasteiger partial charge in [0, 0.05) is 37.8 Å². The molecule has 1 aromatic heterocycles. The van der Waals surface area contributed by atoms with Crippen LogP contribution < -0.4 is 26.0 Å². The van der Waals surface area contributed by atoms with Gasteiger partial charge in [0.2, 0.25) is 23.6 Å². The summed E-state index contributed by atoms with van der Waals surface area (Å²) >= 11 is 0. The van der Waals surface area contributed by atoms with Crippen LogP contribution in [0.3, 0.4) is 0 Å². The number of methoxy groups -OCH3 is 1. The van der Waals surface area contributed by atoms with Gasteiger partial charge >= 0.3 is 0 Å². The van der Waals surface area contributed by atoms with Gasteiger partial charge in [0.25, 0.3) is 11.8 Å². The van der Waals surface area contributed by atoms with Crippen LogP contribution in [0.2, 0.25) is 0 Å². The van der Waals surface area contributed by atoms with Crippen LogP contribution in [-0.2, 0) is 27.3 Å². The van der Waals surface area contributed by atoms with Crippen molar-refractivity contribution in [3.8, 4) is 5.88 Å². The first-order chi connectivity index (χ1) is 23.5. The molecule has 12 nitrogen and oxygen atoms in total. The van der Waals surface area contributed by atoms with Crippen LogP contribution in [0.25, 0.3) is 0 Å². The van der Waals surface area contributed by atoms with E-state index in [1.54, 1.807) is 54.4 Å². The van der Waals surface area contributed by atoms with Crippen molar-refractivity contribution >= 4 is 29.5 Å². The molecular formula is C37H46N6O6. The third-order valence-corrected chi connectivity index (χ3v) is 8.22. The van der Waals surface area contributed by atoms with Gasteiger partial charge in [-0.3, -0.25) is 24.0 Å². The molecule has 0 saturated heterocycles. The second kappa shape index (κ2) is 17.8. The quantitative estimate of drug-likeness (QED) is 0.294. The lowest BCUT2D eigenvalue weighted by Gasteiger charge is -2.25. The SMILES string of the molecule is COc1ncccc1C(=O)N1CCCCNC(=O)[C@@H](C)NC(=O)[C@H](CC(C)C)NC(=O)[C@@H](Cc2ccccc2)NC(=O)c2ccc(cc2)C1. The van der Waals surface area contributed by atoms with Crippen LogP contribution in [0.15, 0.2) is 72.9 Å². The van der Waals surface area contributed by atoms with E-state index in [1.165, 1.54) is 7.11 Å². The van der Waals surface area contributed by atoms with Gasteiger partial charge in [-0.1, -0.05) is 56.3 Å². The Hall–Kier alpha value is -5.26. The van der Waals surface area contributed by atoms with Crippen molar-refractivity contribution in [2.24, 2.45) is 5.92 Å². The van der Waals surface area contributed by atoms with Crippen LogP contribution in [0.4, 0.5) is 0 Å². The lowest BCUT2D eigenvalue weighted by Crippen LogP contribution is -2.57. The smallest absolute Gasteiger partial charge is 0.259 e. The number of carbonyl (C=O) groups is 5. The fourth-order valence-corrected chi connectivity index (χ4v) is 5.57. The van der Waals surface area contributed by atoms with Crippen molar-refractivity contribution in [1.29, 1.82) is 0 Å². The number of rotatable bonds is 6. The summed E-state index contributed by atoms with van der Waals surface area (Å²) in [5.41, 5.74) is 2.28. The molecule has 3 aromatic rings. The first-order valence-corrected chi connectivity index (χ1v) is 16.7. The number of fused-ring (bicyclic) bond motifs is 18. The van der Waals surface area contributed by atoms with E-state index in [2.05, 4.69) is 26.3 Å². The number of benzene rings is 2. The predicted octanol–water partition coefficient (Wildman–Crippen LogP) is 3.02. The molecule has 0 unspecified atom stereocenters. The monoisotopic (exact) mass is 670 g/mol. The number of pyridine rings is 1. The summed E-state index contributed by atoms with van der Waals surface area (Å²) in [7, 11) is 1.46. The van der Waals surface area contributed by atoms with E-state index in [9.17, 15) is 24.0 Å². The predicted molar refractivity (Wildman–Crippen MR) is 185 cm³/mol. The number of ether oxygens (including phenoxy) is 1. The largest absolute Gasteiger partial charge is 0.480 e. The highest BCUT2D eigenvalue weighted by molar-refractivity contribution is 5.99. The van der Waals surface area contributed by atoms with Crippen molar-refractivity contribution in [2.45, 2.75) is 71.1 Å². The van der Waals surface area contributed by atoms with E-state index in [-0.39, 0.29) is 36.6 Å². The number of nitrogens with one attached hydrogen (secondary N) is 4. The van der Waals surface area contributed by atoms with Gasteiger partial charge in [-0.25, -0.2) is 4.98 Å². The summed E-state index contributed by atoms with van der Waals surface area (Å²) in [6, 6.07) is 16.7. The summed E-state index contributed by atoms with van der Waals surface area (Å²) in [5, 5.41) is 11.3. The van der Waals surface area contributed by atoms with Crippen LogP contribution in [-0.4, -0.2) is 77.7 Å². The fourth-order valence-electron chi connectivity index (χ4n) is 5.57. The minimum Gasteiger partial charge on any atom is -0.480 e. The molecule has 49 heavy (non-hydrogen) atoms. The summed E-state index contributed by atoms with van der Waals surface area (Å²) < 4.78 is 5.33. The number of hydrogen-bond acceptors (Lipinski definition) is 7. The Morgan fingerprint density at radius 3 is 2.29 bits per heavy atom. The molecule has 12 heteroatoms. The average molecular weight is 671 g/mol. The van der Waals surface area contributed by atoms with E-state index in [1.807, 2.05) is 44.2 Å². The van der Waals surface area contributed by atoms with E-state index >= 15 is 0 Å². The van der Waals surface area contributed by atoms with Gasteiger partial charge in [0.1, 0.15) is 23.7 Å². The number of amides is 5. The highest BCUT2D eigenvalue weighted by atomic mass is 16.5. The Balaban J connectivity index is 1.63. The fraction of sp³-hybridized carbons (Fsp3) is 0.405.